The number of ketones is 1. The molecule has 4 nitrogen and oxygen atoms in total. The van der Waals surface area contributed by atoms with Gasteiger partial charge in [0.05, 0.1) is 6.07 Å². The summed E-state index contributed by atoms with van der Waals surface area (Å²) in [4.78, 5) is 25.8. The minimum atomic E-state index is -1.34. The Morgan fingerprint density at radius 2 is 1.82 bits per heavy atom. The van der Waals surface area contributed by atoms with Crippen molar-refractivity contribution in [3.63, 3.8) is 0 Å². The molecule has 5 heteroatoms. The van der Waals surface area contributed by atoms with Crippen LogP contribution >= 0.6 is 0 Å². The molecule has 0 aliphatic rings. The van der Waals surface area contributed by atoms with Gasteiger partial charge in [0.1, 0.15) is 5.82 Å². The third kappa shape index (κ3) is 4.26. The minimum absolute atomic E-state index is 0.366. The molecule has 0 saturated heterocycles. The van der Waals surface area contributed by atoms with Crippen molar-refractivity contribution < 1.29 is 14.0 Å². The highest BCUT2D eigenvalue weighted by molar-refractivity contribution is 6.11. The molecule has 0 aliphatic heterocycles. The summed E-state index contributed by atoms with van der Waals surface area (Å²) in [6.07, 6.45) is 1.27. The molecule has 0 unspecified atom stereocenters. The third-order valence-electron chi connectivity index (χ3n) is 3.39. The number of rotatable bonds is 6. The van der Waals surface area contributed by atoms with E-state index in [1.807, 2.05) is 0 Å². The zero-order valence-corrected chi connectivity index (χ0v) is 13.0. The van der Waals surface area contributed by atoms with Crippen molar-refractivity contribution in [1.82, 2.24) is 4.90 Å². The van der Waals surface area contributed by atoms with Crippen molar-refractivity contribution in [2.24, 2.45) is 5.92 Å². The summed E-state index contributed by atoms with van der Waals surface area (Å²) in [5, 5.41) is 9.13. The topological polar surface area (TPSA) is 61.2 Å². The smallest absolute Gasteiger partial charge is 0.247 e. The van der Waals surface area contributed by atoms with Crippen LogP contribution in [0.3, 0.4) is 0 Å². The van der Waals surface area contributed by atoms with Crippen LogP contribution in [0.25, 0.3) is 5.57 Å². The van der Waals surface area contributed by atoms with Gasteiger partial charge in [0.25, 0.3) is 0 Å². The largest absolute Gasteiger partial charge is 0.342 e. The molecule has 0 aliphatic carbocycles. The minimum Gasteiger partial charge on any atom is -0.342 e. The molecule has 1 amide bonds. The predicted molar refractivity (Wildman–Crippen MR) is 82.1 cm³/mol. The first-order chi connectivity index (χ1) is 10.4. The third-order valence-corrected chi connectivity index (χ3v) is 3.39. The second-order valence-corrected chi connectivity index (χ2v) is 4.81. The first-order valence-electron chi connectivity index (χ1n) is 7.11. The SMILES string of the molecule is CCN(CC)C(=O)[C@@H](C#N)C(=O)/C=C(\C)c1ccc(F)cc1. The van der Waals surface area contributed by atoms with Gasteiger partial charge in [0.2, 0.25) is 5.91 Å². The molecule has 0 spiro atoms. The van der Waals surface area contributed by atoms with Gasteiger partial charge in [-0.3, -0.25) is 9.59 Å². The molecule has 1 aromatic rings. The Balaban J connectivity index is 2.97. The fraction of sp³-hybridized carbons (Fsp3) is 0.353. The summed E-state index contributed by atoms with van der Waals surface area (Å²) in [6.45, 7) is 6.16. The van der Waals surface area contributed by atoms with E-state index >= 15 is 0 Å². The second-order valence-electron chi connectivity index (χ2n) is 4.81. The van der Waals surface area contributed by atoms with E-state index in [1.165, 1.54) is 23.1 Å². The average Bonchev–Trinajstić information content (AvgIpc) is 2.49. The Labute approximate surface area is 129 Å². The lowest BCUT2D eigenvalue weighted by atomic mass is 9.99. The van der Waals surface area contributed by atoms with E-state index in [2.05, 4.69) is 0 Å². The summed E-state index contributed by atoms with van der Waals surface area (Å²) in [5.74, 6) is -2.74. The highest BCUT2D eigenvalue weighted by Gasteiger charge is 2.28. The molecular weight excluding hydrogens is 283 g/mol. The Morgan fingerprint density at radius 3 is 2.27 bits per heavy atom. The summed E-state index contributed by atoms with van der Waals surface area (Å²) in [7, 11) is 0. The van der Waals surface area contributed by atoms with Gasteiger partial charge >= 0.3 is 0 Å². The maximum absolute atomic E-state index is 12.9. The molecule has 1 rings (SSSR count). The lowest BCUT2D eigenvalue weighted by Crippen LogP contribution is -2.38. The first-order valence-corrected chi connectivity index (χ1v) is 7.11. The highest BCUT2D eigenvalue weighted by atomic mass is 19.1. The van der Waals surface area contributed by atoms with Gasteiger partial charge in [-0.05, 0) is 50.1 Å². The van der Waals surface area contributed by atoms with Gasteiger partial charge in [-0.1, -0.05) is 12.1 Å². The highest BCUT2D eigenvalue weighted by Crippen LogP contribution is 2.16. The van der Waals surface area contributed by atoms with Crippen molar-refractivity contribution in [2.45, 2.75) is 20.8 Å². The number of hydrogen-bond acceptors (Lipinski definition) is 3. The number of halogens is 1. The average molecular weight is 302 g/mol. The number of carbonyl (C=O) groups excluding carboxylic acids is 2. The van der Waals surface area contributed by atoms with Gasteiger partial charge in [-0.2, -0.15) is 5.26 Å². The Kier molecular flexibility index (Phi) is 6.46. The molecular formula is C17H19FN2O2. The van der Waals surface area contributed by atoms with E-state index in [1.54, 1.807) is 39.0 Å². The van der Waals surface area contributed by atoms with Crippen LogP contribution in [0.15, 0.2) is 30.3 Å². The maximum atomic E-state index is 12.9. The fourth-order valence-electron chi connectivity index (χ4n) is 2.05. The van der Waals surface area contributed by atoms with E-state index in [9.17, 15) is 14.0 Å². The molecule has 0 aromatic heterocycles. The number of nitriles is 1. The monoisotopic (exact) mass is 302 g/mol. The van der Waals surface area contributed by atoms with Crippen molar-refractivity contribution in [2.75, 3.05) is 13.1 Å². The molecule has 0 heterocycles. The molecule has 116 valence electrons. The number of nitrogens with zero attached hydrogens (tertiary/aromatic N) is 2. The van der Waals surface area contributed by atoms with Crippen molar-refractivity contribution >= 4 is 17.3 Å². The van der Waals surface area contributed by atoms with Crippen LogP contribution in [-0.2, 0) is 9.59 Å². The molecule has 1 aromatic carbocycles. The van der Waals surface area contributed by atoms with E-state index < -0.39 is 17.6 Å². The Hall–Kier alpha value is -2.48. The maximum Gasteiger partial charge on any atom is 0.247 e. The van der Waals surface area contributed by atoms with Gasteiger partial charge in [-0.15, -0.1) is 0 Å². The standard InChI is InChI=1S/C17H19FN2O2/c1-4-20(5-2)17(22)15(11-19)16(21)10-12(3)13-6-8-14(18)9-7-13/h6-10,15H,4-5H2,1-3H3/b12-10+/t15-/m0/s1. The van der Waals surface area contributed by atoms with Gasteiger partial charge in [0, 0.05) is 13.1 Å². The lowest BCUT2D eigenvalue weighted by molar-refractivity contribution is -0.137. The van der Waals surface area contributed by atoms with Crippen LogP contribution in [0.4, 0.5) is 4.39 Å². The van der Waals surface area contributed by atoms with Crippen molar-refractivity contribution in [1.29, 1.82) is 5.26 Å². The zero-order chi connectivity index (χ0) is 16.7. The van der Waals surface area contributed by atoms with E-state index in [0.29, 0.717) is 24.2 Å². The molecule has 0 saturated carbocycles. The normalized spacial score (nSPS) is 12.4. The lowest BCUT2D eigenvalue weighted by Gasteiger charge is -2.20. The van der Waals surface area contributed by atoms with Gasteiger partial charge in [0.15, 0.2) is 11.7 Å². The van der Waals surface area contributed by atoms with Crippen molar-refractivity contribution in [3.05, 3.63) is 41.7 Å². The number of allylic oxidation sites excluding steroid dienone is 2. The number of amides is 1. The summed E-state index contributed by atoms with van der Waals surface area (Å²) in [5.41, 5.74) is 1.25. The van der Waals surface area contributed by atoms with Gasteiger partial charge in [-0.25, -0.2) is 4.39 Å². The molecule has 1 atom stereocenters. The van der Waals surface area contributed by atoms with Crippen LogP contribution < -0.4 is 0 Å². The fourth-order valence-corrected chi connectivity index (χ4v) is 2.05. The predicted octanol–water partition coefficient (Wildman–Crippen LogP) is 2.81. The second kappa shape index (κ2) is 8.08. The van der Waals surface area contributed by atoms with E-state index in [4.69, 9.17) is 5.26 Å². The van der Waals surface area contributed by atoms with E-state index in [0.717, 1.165) is 0 Å². The van der Waals surface area contributed by atoms with Crippen LogP contribution in [0, 0.1) is 23.1 Å². The summed E-state index contributed by atoms with van der Waals surface area (Å²) in [6, 6.07) is 7.44. The van der Waals surface area contributed by atoms with Gasteiger partial charge < -0.3 is 4.90 Å². The summed E-state index contributed by atoms with van der Waals surface area (Å²) >= 11 is 0. The molecule has 22 heavy (non-hydrogen) atoms. The van der Waals surface area contributed by atoms with Crippen LogP contribution in [0.5, 0.6) is 0 Å². The Morgan fingerprint density at radius 1 is 1.27 bits per heavy atom. The van der Waals surface area contributed by atoms with E-state index in [-0.39, 0.29) is 5.82 Å². The van der Waals surface area contributed by atoms with Crippen molar-refractivity contribution in [3.8, 4) is 6.07 Å². The molecule has 0 N–H and O–H groups in total. The number of hydrogen-bond donors (Lipinski definition) is 0. The van der Waals surface area contributed by atoms with Crippen LogP contribution in [0.1, 0.15) is 26.3 Å². The molecule has 0 radical (unpaired) electrons. The Bertz CT molecular complexity index is 611. The quantitative estimate of drug-likeness (QED) is 0.599. The molecule has 0 fully saturated rings. The number of carbonyl (C=O) groups is 2. The van der Waals surface area contributed by atoms with Crippen LogP contribution in [0.2, 0.25) is 0 Å². The zero-order valence-electron chi connectivity index (χ0n) is 13.0. The van der Waals surface area contributed by atoms with Crippen LogP contribution in [-0.4, -0.2) is 29.7 Å². The first kappa shape index (κ1) is 17.6. The molecule has 0 bridgehead atoms. The summed E-state index contributed by atoms with van der Waals surface area (Å²) < 4.78 is 12.9. The number of benzene rings is 1.